The zero-order valence-corrected chi connectivity index (χ0v) is 18.1. The van der Waals surface area contributed by atoms with Crippen molar-refractivity contribution < 1.29 is 9.47 Å². The van der Waals surface area contributed by atoms with Gasteiger partial charge in [0.15, 0.2) is 16.5 Å². The van der Waals surface area contributed by atoms with Crippen molar-refractivity contribution in [2.24, 2.45) is 0 Å². The van der Waals surface area contributed by atoms with Crippen LogP contribution in [0.15, 0.2) is 45.7 Å². The molecule has 7 heteroatoms. The molecule has 0 N–H and O–H groups in total. The number of nitrogens with zero attached hydrogens (tertiary/aromatic N) is 2. The maximum atomic E-state index is 13.0. The van der Waals surface area contributed by atoms with Crippen molar-refractivity contribution in [1.29, 1.82) is 0 Å². The van der Waals surface area contributed by atoms with Crippen LogP contribution in [-0.2, 0) is 0 Å². The molecule has 0 unspecified atom stereocenters. The number of imidazole rings is 1. The molecule has 0 amide bonds. The fourth-order valence-corrected chi connectivity index (χ4v) is 4.38. The smallest absolute Gasteiger partial charge is 0.274 e. The molecule has 4 aromatic rings. The first kappa shape index (κ1) is 19.0. The molecule has 144 valence electrons. The highest BCUT2D eigenvalue weighted by molar-refractivity contribution is 9.10. The number of ether oxygens (including phenoxy) is 2. The molecule has 1 atom stereocenters. The van der Waals surface area contributed by atoms with Crippen LogP contribution < -0.4 is 19.6 Å². The first-order valence-corrected chi connectivity index (χ1v) is 10.6. The van der Waals surface area contributed by atoms with Crippen molar-refractivity contribution >= 4 is 49.3 Å². The van der Waals surface area contributed by atoms with E-state index in [2.05, 4.69) is 27.8 Å². The number of aromatic nitrogens is 2. The van der Waals surface area contributed by atoms with Gasteiger partial charge in [0.1, 0.15) is 0 Å². The molecule has 0 bridgehead atoms. The van der Waals surface area contributed by atoms with Crippen molar-refractivity contribution in [2.45, 2.75) is 26.4 Å². The van der Waals surface area contributed by atoms with Gasteiger partial charge in [-0.15, -0.1) is 0 Å². The number of hydrogen-bond acceptors (Lipinski definition) is 5. The Labute approximate surface area is 174 Å². The SMILES string of the molecule is CC[C@@H](C)Oc1cc(Br)c(/C=c2\sc3nc4ccccc4n3c2=O)cc1OC. The Kier molecular flexibility index (Phi) is 5.12. The van der Waals surface area contributed by atoms with Gasteiger partial charge in [-0.1, -0.05) is 46.3 Å². The fourth-order valence-electron chi connectivity index (χ4n) is 2.97. The highest BCUT2D eigenvalue weighted by atomic mass is 79.9. The van der Waals surface area contributed by atoms with Gasteiger partial charge in [-0.3, -0.25) is 4.79 Å². The molecule has 5 nitrogen and oxygen atoms in total. The fraction of sp³-hybridized carbons (Fsp3) is 0.238. The summed E-state index contributed by atoms with van der Waals surface area (Å²) in [6, 6.07) is 11.4. The molecule has 0 aliphatic rings. The molecule has 0 spiro atoms. The van der Waals surface area contributed by atoms with E-state index in [1.807, 2.05) is 49.4 Å². The third-order valence-corrected chi connectivity index (χ3v) is 6.27. The van der Waals surface area contributed by atoms with Crippen LogP contribution >= 0.6 is 27.3 Å². The van der Waals surface area contributed by atoms with Crippen LogP contribution in [0.1, 0.15) is 25.8 Å². The second-order valence-corrected chi connectivity index (χ2v) is 8.36. The van der Waals surface area contributed by atoms with Crippen LogP contribution in [0.2, 0.25) is 0 Å². The number of para-hydroxylation sites is 2. The maximum Gasteiger partial charge on any atom is 0.274 e. The Morgan fingerprint density at radius 1 is 1.29 bits per heavy atom. The van der Waals surface area contributed by atoms with E-state index in [1.165, 1.54) is 11.3 Å². The van der Waals surface area contributed by atoms with Gasteiger partial charge in [0.25, 0.3) is 5.56 Å². The highest BCUT2D eigenvalue weighted by Gasteiger charge is 2.14. The number of halogens is 1. The lowest BCUT2D eigenvalue weighted by Crippen LogP contribution is -2.22. The molecule has 2 aromatic carbocycles. The van der Waals surface area contributed by atoms with Crippen molar-refractivity contribution in [2.75, 3.05) is 7.11 Å². The van der Waals surface area contributed by atoms with E-state index < -0.39 is 0 Å². The van der Waals surface area contributed by atoms with Crippen LogP contribution in [-0.4, -0.2) is 22.6 Å². The summed E-state index contributed by atoms with van der Waals surface area (Å²) in [4.78, 5) is 18.2. The number of hydrogen-bond donors (Lipinski definition) is 0. The lowest BCUT2D eigenvalue weighted by molar-refractivity contribution is 0.207. The summed E-state index contributed by atoms with van der Waals surface area (Å²) < 4.78 is 14.6. The first-order valence-electron chi connectivity index (χ1n) is 8.97. The normalized spacial score (nSPS) is 13.4. The second kappa shape index (κ2) is 7.56. The van der Waals surface area contributed by atoms with Crippen molar-refractivity contribution in [3.63, 3.8) is 0 Å². The van der Waals surface area contributed by atoms with E-state index >= 15 is 0 Å². The topological polar surface area (TPSA) is 52.8 Å². The average Bonchev–Trinajstić information content (AvgIpc) is 3.20. The predicted molar refractivity (Wildman–Crippen MR) is 117 cm³/mol. The van der Waals surface area contributed by atoms with Gasteiger partial charge in [-0.25, -0.2) is 9.38 Å². The number of fused-ring (bicyclic) bond motifs is 3. The van der Waals surface area contributed by atoms with E-state index in [4.69, 9.17) is 9.47 Å². The third kappa shape index (κ3) is 3.29. The average molecular weight is 459 g/mol. The van der Waals surface area contributed by atoms with Crippen LogP contribution in [0.25, 0.3) is 22.1 Å². The molecule has 0 saturated carbocycles. The van der Waals surface area contributed by atoms with E-state index in [0.717, 1.165) is 27.5 Å². The second-order valence-electron chi connectivity index (χ2n) is 6.50. The zero-order valence-electron chi connectivity index (χ0n) is 15.7. The van der Waals surface area contributed by atoms with E-state index in [-0.39, 0.29) is 11.7 Å². The number of thiazole rings is 1. The first-order chi connectivity index (χ1) is 13.5. The molecule has 0 saturated heterocycles. The number of rotatable bonds is 5. The summed E-state index contributed by atoms with van der Waals surface area (Å²) in [6.07, 6.45) is 2.84. The molecule has 0 radical (unpaired) electrons. The lowest BCUT2D eigenvalue weighted by atomic mass is 10.2. The monoisotopic (exact) mass is 458 g/mol. The predicted octanol–water partition coefficient (Wildman–Crippen LogP) is 4.41. The van der Waals surface area contributed by atoms with Gasteiger partial charge in [0, 0.05) is 4.47 Å². The quantitative estimate of drug-likeness (QED) is 0.444. The Morgan fingerprint density at radius 2 is 2.07 bits per heavy atom. The maximum absolute atomic E-state index is 13.0. The van der Waals surface area contributed by atoms with Crippen LogP contribution in [0.3, 0.4) is 0 Å². The van der Waals surface area contributed by atoms with Crippen molar-refractivity contribution in [1.82, 2.24) is 9.38 Å². The highest BCUT2D eigenvalue weighted by Crippen LogP contribution is 2.34. The van der Waals surface area contributed by atoms with Gasteiger partial charge < -0.3 is 9.47 Å². The van der Waals surface area contributed by atoms with E-state index in [9.17, 15) is 4.79 Å². The Hall–Kier alpha value is -2.38. The minimum absolute atomic E-state index is 0.0699. The summed E-state index contributed by atoms with van der Waals surface area (Å²) in [5, 5.41) is 0. The van der Waals surface area contributed by atoms with E-state index in [0.29, 0.717) is 21.0 Å². The molecular formula is C21H19BrN2O3S. The van der Waals surface area contributed by atoms with Gasteiger partial charge in [0.05, 0.1) is 28.8 Å². The minimum atomic E-state index is -0.0699. The molecule has 0 aliphatic heterocycles. The third-order valence-electron chi connectivity index (χ3n) is 4.62. The summed E-state index contributed by atoms with van der Waals surface area (Å²) in [6.45, 7) is 4.09. The summed E-state index contributed by atoms with van der Waals surface area (Å²) in [5.41, 5.74) is 2.43. The van der Waals surface area contributed by atoms with E-state index in [1.54, 1.807) is 11.5 Å². The zero-order chi connectivity index (χ0) is 19.8. The summed E-state index contributed by atoms with van der Waals surface area (Å²) in [5.74, 6) is 1.31. The molecule has 0 aliphatic carbocycles. The van der Waals surface area contributed by atoms with Crippen molar-refractivity contribution in [3.05, 3.63) is 61.3 Å². The molecular weight excluding hydrogens is 440 g/mol. The summed E-state index contributed by atoms with van der Waals surface area (Å²) in [7, 11) is 1.61. The molecule has 2 heterocycles. The van der Waals surface area contributed by atoms with Gasteiger partial charge in [0.2, 0.25) is 0 Å². The van der Waals surface area contributed by atoms with Crippen LogP contribution in [0.4, 0.5) is 0 Å². The molecule has 28 heavy (non-hydrogen) atoms. The Balaban J connectivity index is 1.84. The van der Waals surface area contributed by atoms with Gasteiger partial charge >= 0.3 is 0 Å². The molecule has 2 aromatic heterocycles. The molecule has 4 rings (SSSR count). The van der Waals surface area contributed by atoms with Gasteiger partial charge in [-0.2, -0.15) is 0 Å². The largest absolute Gasteiger partial charge is 0.493 e. The minimum Gasteiger partial charge on any atom is -0.493 e. The molecule has 0 fully saturated rings. The Bertz CT molecular complexity index is 1280. The van der Waals surface area contributed by atoms with Crippen LogP contribution in [0, 0.1) is 0 Å². The number of benzene rings is 2. The standard InChI is InChI=1S/C21H19BrN2O3S/c1-4-12(2)27-18-11-14(22)13(9-17(18)26-3)10-19-20(25)24-16-8-6-5-7-15(16)23-21(24)28-19/h5-12H,4H2,1-3H3/b19-10-/t12-/m1/s1. The van der Waals surface area contributed by atoms with Gasteiger partial charge in [-0.05, 0) is 49.2 Å². The Morgan fingerprint density at radius 3 is 2.82 bits per heavy atom. The summed E-state index contributed by atoms with van der Waals surface area (Å²) >= 11 is 4.97. The van der Waals surface area contributed by atoms with Crippen molar-refractivity contribution in [3.8, 4) is 11.5 Å². The lowest BCUT2D eigenvalue weighted by Gasteiger charge is -2.16. The number of methoxy groups -OCH3 is 1. The van der Waals surface area contributed by atoms with Crippen LogP contribution in [0.5, 0.6) is 11.5 Å².